The van der Waals surface area contributed by atoms with Crippen LogP contribution in [0.1, 0.15) is 38.7 Å². The van der Waals surface area contributed by atoms with E-state index in [2.05, 4.69) is 25.6 Å². The topological polar surface area (TPSA) is 94.8 Å². The third-order valence-electron chi connectivity index (χ3n) is 5.17. The van der Waals surface area contributed by atoms with Gasteiger partial charge in [-0.2, -0.15) is 0 Å². The SMILES string of the molecule is COc1ccc(-n2nnc(C(=O)NCc3ccc(C)cc3)c2CSc2nc(C)cc(C)n2)cc1. The summed E-state index contributed by atoms with van der Waals surface area (Å²) in [4.78, 5) is 22.1. The van der Waals surface area contributed by atoms with E-state index in [0.29, 0.717) is 23.1 Å². The highest BCUT2D eigenvalue weighted by Crippen LogP contribution is 2.24. The standard InChI is InChI=1S/C25H26N6O2S/c1-16-5-7-19(8-6-16)14-26-24(32)23-22(15-34-25-27-17(2)13-18(3)28-25)31(30-29-23)20-9-11-21(33-4)12-10-20/h5-13H,14-15H2,1-4H3,(H,26,32). The number of amides is 1. The van der Waals surface area contributed by atoms with E-state index in [4.69, 9.17) is 4.74 Å². The van der Waals surface area contributed by atoms with Crippen LogP contribution in [0.5, 0.6) is 5.75 Å². The molecule has 0 aliphatic carbocycles. The number of benzene rings is 2. The molecule has 0 bridgehead atoms. The zero-order chi connectivity index (χ0) is 24.1. The highest BCUT2D eigenvalue weighted by Gasteiger charge is 2.21. The highest BCUT2D eigenvalue weighted by atomic mass is 32.2. The Labute approximate surface area is 202 Å². The maximum Gasteiger partial charge on any atom is 0.274 e. The molecule has 9 heteroatoms. The minimum atomic E-state index is -0.280. The first kappa shape index (κ1) is 23.4. The number of hydrogen-bond acceptors (Lipinski definition) is 7. The summed E-state index contributed by atoms with van der Waals surface area (Å²) in [6.07, 6.45) is 0. The third-order valence-corrected chi connectivity index (χ3v) is 6.03. The predicted octanol–water partition coefficient (Wildman–Crippen LogP) is 4.21. The Morgan fingerprint density at radius 2 is 1.68 bits per heavy atom. The maximum atomic E-state index is 13.1. The molecule has 0 aliphatic heterocycles. The molecule has 0 aliphatic rings. The molecular formula is C25H26N6O2S. The van der Waals surface area contributed by atoms with Gasteiger partial charge < -0.3 is 10.1 Å². The van der Waals surface area contributed by atoms with Crippen LogP contribution in [0.2, 0.25) is 0 Å². The van der Waals surface area contributed by atoms with Crippen molar-refractivity contribution in [2.75, 3.05) is 7.11 Å². The molecule has 0 atom stereocenters. The molecule has 0 unspecified atom stereocenters. The average molecular weight is 475 g/mol. The second-order valence-electron chi connectivity index (χ2n) is 7.88. The van der Waals surface area contributed by atoms with E-state index in [1.54, 1.807) is 11.8 Å². The van der Waals surface area contributed by atoms with E-state index in [-0.39, 0.29) is 11.6 Å². The van der Waals surface area contributed by atoms with Crippen molar-refractivity contribution in [1.29, 1.82) is 0 Å². The van der Waals surface area contributed by atoms with Gasteiger partial charge >= 0.3 is 0 Å². The lowest BCUT2D eigenvalue weighted by Gasteiger charge is -2.10. The molecule has 34 heavy (non-hydrogen) atoms. The van der Waals surface area contributed by atoms with E-state index >= 15 is 0 Å². The van der Waals surface area contributed by atoms with E-state index in [9.17, 15) is 4.79 Å². The van der Waals surface area contributed by atoms with Crippen molar-refractivity contribution < 1.29 is 9.53 Å². The van der Waals surface area contributed by atoms with Crippen molar-refractivity contribution in [1.82, 2.24) is 30.3 Å². The summed E-state index contributed by atoms with van der Waals surface area (Å²) in [5.41, 5.74) is 5.70. The highest BCUT2D eigenvalue weighted by molar-refractivity contribution is 7.98. The van der Waals surface area contributed by atoms with E-state index in [0.717, 1.165) is 28.4 Å². The second-order valence-corrected chi connectivity index (χ2v) is 8.83. The van der Waals surface area contributed by atoms with E-state index in [1.807, 2.05) is 75.4 Å². The number of carbonyl (C=O) groups excluding carboxylic acids is 1. The van der Waals surface area contributed by atoms with Crippen LogP contribution in [-0.2, 0) is 12.3 Å². The summed E-state index contributed by atoms with van der Waals surface area (Å²) in [6.45, 7) is 6.31. The van der Waals surface area contributed by atoms with Crippen LogP contribution in [0.4, 0.5) is 0 Å². The molecule has 2 heterocycles. The number of nitrogens with zero attached hydrogens (tertiary/aromatic N) is 5. The fraction of sp³-hybridized carbons (Fsp3) is 0.240. The second kappa shape index (κ2) is 10.5. The fourth-order valence-corrected chi connectivity index (χ4v) is 4.34. The van der Waals surface area contributed by atoms with Gasteiger partial charge in [-0.25, -0.2) is 14.6 Å². The van der Waals surface area contributed by atoms with Gasteiger partial charge in [0.05, 0.1) is 18.5 Å². The Balaban J connectivity index is 1.61. The first-order valence-electron chi connectivity index (χ1n) is 10.8. The molecular weight excluding hydrogens is 448 g/mol. The number of ether oxygens (including phenoxy) is 1. The van der Waals surface area contributed by atoms with Crippen LogP contribution in [0, 0.1) is 20.8 Å². The molecule has 2 aromatic carbocycles. The van der Waals surface area contributed by atoms with Gasteiger partial charge in [0, 0.05) is 23.7 Å². The van der Waals surface area contributed by atoms with Gasteiger partial charge in [0.1, 0.15) is 5.75 Å². The zero-order valence-electron chi connectivity index (χ0n) is 19.6. The van der Waals surface area contributed by atoms with Crippen molar-refractivity contribution in [3.63, 3.8) is 0 Å². The molecule has 0 saturated carbocycles. The summed E-state index contributed by atoms with van der Waals surface area (Å²) in [5, 5.41) is 12.1. The largest absolute Gasteiger partial charge is 0.497 e. The van der Waals surface area contributed by atoms with E-state index in [1.165, 1.54) is 17.3 Å². The predicted molar refractivity (Wildman–Crippen MR) is 131 cm³/mol. The molecule has 0 fully saturated rings. The van der Waals surface area contributed by atoms with Gasteiger partial charge in [0.15, 0.2) is 10.9 Å². The monoisotopic (exact) mass is 474 g/mol. The number of nitrogens with one attached hydrogen (secondary N) is 1. The van der Waals surface area contributed by atoms with Crippen molar-refractivity contribution in [3.05, 3.63) is 88.5 Å². The first-order chi connectivity index (χ1) is 16.4. The van der Waals surface area contributed by atoms with Crippen LogP contribution >= 0.6 is 11.8 Å². The molecule has 1 amide bonds. The van der Waals surface area contributed by atoms with Gasteiger partial charge in [0.2, 0.25) is 0 Å². The molecule has 4 rings (SSSR count). The van der Waals surface area contributed by atoms with Crippen molar-refractivity contribution in [2.45, 2.75) is 38.2 Å². The summed E-state index contributed by atoms with van der Waals surface area (Å²) in [7, 11) is 1.62. The quantitative estimate of drug-likeness (QED) is 0.302. The lowest BCUT2D eigenvalue weighted by Crippen LogP contribution is -2.24. The Kier molecular flexibility index (Phi) is 7.22. The number of carbonyl (C=O) groups is 1. The molecule has 0 spiro atoms. The van der Waals surface area contributed by atoms with Crippen LogP contribution < -0.4 is 10.1 Å². The smallest absolute Gasteiger partial charge is 0.274 e. The van der Waals surface area contributed by atoms with Crippen molar-refractivity contribution >= 4 is 17.7 Å². The molecule has 8 nitrogen and oxygen atoms in total. The fourth-order valence-electron chi connectivity index (χ4n) is 3.40. The number of hydrogen-bond donors (Lipinski definition) is 1. The normalized spacial score (nSPS) is 10.8. The Hall–Kier alpha value is -3.72. The van der Waals surface area contributed by atoms with Gasteiger partial charge in [-0.1, -0.05) is 46.8 Å². The molecule has 2 aromatic heterocycles. The third kappa shape index (κ3) is 5.60. The van der Waals surface area contributed by atoms with Gasteiger partial charge in [-0.15, -0.1) is 5.10 Å². The summed E-state index contributed by atoms with van der Waals surface area (Å²) in [5.74, 6) is 0.881. The maximum absolute atomic E-state index is 13.1. The minimum Gasteiger partial charge on any atom is -0.497 e. The molecule has 1 N–H and O–H groups in total. The van der Waals surface area contributed by atoms with Crippen molar-refractivity contribution in [3.8, 4) is 11.4 Å². The lowest BCUT2D eigenvalue weighted by atomic mass is 10.1. The number of aryl methyl sites for hydroxylation is 3. The van der Waals surface area contributed by atoms with Gasteiger partial charge in [-0.05, 0) is 56.7 Å². The van der Waals surface area contributed by atoms with Gasteiger partial charge in [-0.3, -0.25) is 4.79 Å². The zero-order valence-corrected chi connectivity index (χ0v) is 20.4. The lowest BCUT2D eigenvalue weighted by molar-refractivity contribution is 0.0945. The first-order valence-corrected chi connectivity index (χ1v) is 11.8. The molecule has 4 aromatic rings. The number of rotatable bonds is 8. The Morgan fingerprint density at radius 1 is 1.00 bits per heavy atom. The van der Waals surface area contributed by atoms with Crippen molar-refractivity contribution in [2.24, 2.45) is 0 Å². The summed E-state index contributed by atoms with van der Waals surface area (Å²) in [6, 6.07) is 17.4. The number of thioether (sulfide) groups is 1. The Bertz CT molecular complexity index is 1270. The number of aromatic nitrogens is 5. The Morgan fingerprint density at radius 3 is 2.32 bits per heavy atom. The summed E-state index contributed by atoms with van der Waals surface area (Å²) < 4.78 is 6.93. The average Bonchev–Trinajstić information content (AvgIpc) is 3.25. The molecule has 174 valence electrons. The van der Waals surface area contributed by atoms with Crippen LogP contribution in [0.3, 0.4) is 0 Å². The van der Waals surface area contributed by atoms with Crippen LogP contribution in [0.15, 0.2) is 59.8 Å². The van der Waals surface area contributed by atoms with Crippen LogP contribution in [0.25, 0.3) is 5.69 Å². The number of methoxy groups -OCH3 is 1. The van der Waals surface area contributed by atoms with E-state index < -0.39 is 0 Å². The summed E-state index contributed by atoms with van der Waals surface area (Å²) >= 11 is 1.44. The van der Waals surface area contributed by atoms with Gasteiger partial charge in [0.25, 0.3) is 5.91 Å². The molecule has 0 saturated heterocycles. The minimum absolute atomic E-state index is 0.278. The van der Waals surface area contributed by atoms with Crippen LogP contribution in [-0.4, -0.2) is 38.0 Å². The molecule has 0 radical (unpaired) electrons.